The van der Waals surface area contributed by atoms with Crippen molar-refractivity contribution in [1.29, 1.82) is 0 Å². The first-order valence-corrected chi connectivity index (χ1v) is 6.26. The Balaban J connectivity index is 1.99. The van der Waals surface area contributed by atoms with Crippen molar-refractivity contribution < 1.29 is 14.7 Å². The SMILES string of the molecule is CC1CC(N2CC(C(=O)O)CC2=O)CS1. The van der Waals surface area contributed by atoms with Crippen LogP contribution in [0.5, 0.6) is 0 Å². The summed E-state index contributed by atoms with van der Waals surface area (Å²) in [6.45, 7) is 2.56. The first-order chi connectivity index (χ1) is 7.08. The molecule has 0 bridgehead atoms. The Bertz CT molecular complexity index is 294. The zero-order valence-electron chi connectivity index (χ0n) is 8.68. The Hall–Kier alpha value is -0.710. The molecule has 3 unspecified atom stereocenters. The first kappa shape index (κ1) is 10.8. The van der Waals surface area contributed by atoms with Crippen LogP contribution in [0.15, 0.2) is 0 Å². The molecule has 2 aliphatic heterocycles. The summed E-state index contributed by atoms with van der Waals surface area (Å²) >= 11 is 1.86. The van der Waals surface area contributed by atoms with E-state index in [1.807, 2.05) is 11.8 Å². The predicted molar refractivity (Wildman–Crippen MR) is 57.8 cm³/mol. The van der Waals surface area contributed by atoms with Crippen molar-refractivity contribution in [1.82, 2.24) is 4.90 Å². The van der Waals surface area contributed by atoms with E-state index in [0.717, 1.165) is 12.2 Å². The maximum absolute atomic E-state index is 11.6. The van der Waals surface area contributed by atoms with Gasteiger partial charge >= 0.3 is 5.97 Å². The van der Waals surface area contributed by atoms with E-state index in [0.29, 0.717) is 11.8 Å². The summed E-state index contributed by atoms with van der Waals surface area (Å²) in [6.07, 6.45) is 1.19. The van der Waals surface area contributed by atoms with E-state index in [2.05, 4.69) is 6.92 Å². The lowest BCUT2D eigenvalue weighted by molar-refractivity contribution is -0.141. The number of hydrogen-bond donors (Lipinski definition) is 1. The normalized spacial score (nSPS) is 36.2. The van der Waals surface area contributed by atoms with Gasteiger partial charge in [-0.1, -0.05) is 6.92 Å². The number of hydrogen-bond acceptors (Lipinski definition) is 3. The molecule has 2 saturated heterocycles. The van der Waals surface area contributed by atoms with E-state index in [-0.39, 0.29) is 18.4 Å². The Labute approximate surface area is 93.0 Å². The highest BCUT2D eigenvalue weighted by atomic mass is 32.2. The maximum Gasteiger partial charge on any atom is 0.308 e. The molecule has 0 radical (unpaired) electrons. The van der Waals surface area contributed by atoms with Gasteiger partial charge in [0, 0.05) is 30.0 Å². The van der Waals surface area contributed by atoms with Gasteiger partial charge in [0.05, 0.1) is 5.92 Å². The quantitative estimate of drug-likeness (QED) is 0.761. The second-order valence-corrected chi connectivity index (χ2v) is 5.79. The molecule has 84 valence electrons. The third-order valence-corrected chi connectivity index (χ3v) is 4.46. The second kappa shape index (κ2) is 4.04. The minimum Gasteiger partial charge on any atom is -0.481 e. The van der Waals surface area contributed by atoms with Crippen molar-refractivity contribution in [3.8, 4) is 0 Å². The van der Waals surface area contributed by atoms with Crippen LogP contribution in [0.3, 0.4) is 0 Å². The molecule has 0 spiro atoms. The van der Waals surface area contributed by atoms with Gasteiger partial charge in [-0.2, -0.15) is 11.8 Å². The lowest BCUT2D eigenvalue weighted by Gasteiger charge is -2.23. The number of thioether (sulfide) groups is 1. The molecule has 1 amide bonds. The Morgan fingerprint density at radius 3 is 2.80 bits per heavy atom. The van der Waals surface area contributed by atoms with Gasteiger partial charge in [-0.05, 0) is 6.42 Å². The smallest absolute Gasteiger partial charge is 0.308 e. The van der Waals surface area contributed by atoms with E-state index in [1.54, 1.807) is 4.90 Å². The number of carboxylic acid groups (broad SMARTS) is 1. The fraction of sp³-hybridized carbons (Fsp3) is 0.800. The fourth-order valence-electron chi connectivity index (χ4n) is 2.26. The molecule has 0 aromatic carbocycles. The highest BCUT2D eigenvalue weighted by Gasteiger charge is 2.39. The second-order valence-electron chi connectivity index (χ2n) is 4.32. The van der Waals surface area contributed by atoms with Crippen LogP contribution in [-0.4, -0.2) is 45.5 Å². The summed E-state index contributed by atoms with van der Waals surface area (Å²) in [5, 5.41) is 9.45. The minimum absolute atomic E-state index is 0.0158. The Morgan fingerprint density at radius 2 is 2.33 bits per heavy atom. The summed E-state index contributed by atoms with van der Waals surface area (Å²) < 4.78 is 0. The van der Waals surface area contributed by atoms with E-state index < -0.39 is 11.9 Å². The molecule has 1 N–H and O–H groups in total. The molecule has 2 rings (SSSR count). The van der Waals surface area contributed by atoms with Crippen LogP contribution in [0.4, 0.5) is 0 Å². The number of likely N-dealkylation sites (tertiary alicyclic amines) is 1. The number of aliphatic carboxylic acids is 1. The van der Waals surface area contributed by atoms with Crippen LogP contribution in [-0.2, 0) is 9.59 Å². The zero-order valence-corrected chi connectivity index (χ0v) is 9.50. The van der Waals surface area contributed by atoms with Crippen LogP contribution in [0.25, 0.3) is 0 Å². The molecule has 15 heavy (non-hydrogen) atoms. The molecule has 2 heterocycles. The summed E-state index contributed by atoms with van der Waals surface area (Å²) in [6, 6.07) is 0.266. The summed E-state index contributed by atoms with van der Waals surface area (Å²) in [4.78, 5) is 24.2. The fourth-order valence-corrected chi connectivity index (χ4v) is 3.49. The maximum atomic E-state index is 11.6. The van der Waals surface area contributed by atoms with Gasteiger partial charge in [-0.25, -0.2) is 0 Å². The summed E-state index contributed by atoms with van der Waals surface area (Å²) in [7, 11) is 0. The molecule has 5 heteroatoms. The van der Waals surface area contributed by atoms with Crippen LogP contribution in [0.2, 0.25) is 0 Å². The molecular weight excluding hydrogens is 214 g/mol. The van der Waals surface area contributed by atoms with Crippen LogP contribution < -0.4 is 0 Å². The lowest BCUT2D eigenvalue weighted by atomic mass is 10.1. The van der Waals surface area contributed by atoms with Gasteiger partial charge in [0.25, 0.3) is 0 Å². The third kappa shape index (κ3) is 2.12. The average Bonchev–Trinajstić information content (AvgIpc) is 2.71. The van der Waals surface area contributed by atoms with Crippen molar-refractivity contribution in [2.75, 3.05) is 12.3 Å². The van der Waals surface area contributed by atoms with E-state index in [1.165, 1.54) is 0 Å². The average molecular weight is 229 g/mol. The molecular formula is C10H15NO3S. The van der Waals surface area contributed by atoms with Crippen molar-refractivity contribution in [3.63, 3.8) is 0 Å². The third-order valence-electron chi connectivity index (χ3n) is 3.13. The largest absolute Gasteiger partial charge is 0.481 e. The molecule has 4 nitrogen and oxygen atoms in total. The zero-order chi connectivity index (χ0) is 11.0. The molecule has 0 aromatic heterocycles. The topological polar surface area (TPSA) is 57.6 Å². The van der Waals surface area contributed by atoms with Gasteiger partial charge in [-0.3, -0.25) is 9.59 Å². The molecule has 0 saturated carbocycles. The molecule has 2 fully saturated rings. The molecule has 3 atom stereocenters. The van der Waals surface area contributed by atoms with Gasteiger partial charge in [0.2, 0.25) is 5.91 Å². The van der Waals surface area contributed by atoms with E-state index in [9.17, 15) is 9.59 Å². The number of nitrogens with zero attached hydrogens (tertiary/aromatic N) is 1. The Kier molecular flexibility index (Phi) is 2.91. The number of rotatable bonds is 2. The number of amides is 1. The van der Waals surface area contributed by atoms with Gasteiger partial charge in [-0.15, -0.1) is 0 Å². The summed E-state index contributed by atoms with van der Waals surface area (Å²) in [5.74, 6) is -0.357. The van der Waals surface area contributed by atoms with Crippen LogP contribution in [0.1, 0.15) is 19.8 Å². The first-order valence-electron chi connectivity index (χ1n) is 5.22. The van der Waals surface area contributed by atoms with Crippen LogP contribution >= 0.6 is 11.8 Å². The minimum atomic E-state index is -0.843. The molecule has 0 aliphatic carbocycles. The molecule has 0 aromatic rings. The van der Waals surface area contributed by atoms with Gasteiger partial charge in [0.15, 0.2) is 0 Å². The van der Waals surface area contributed by atoms with Crippen molar-refractivity contribution in [2.24, 2.45) is 5.92 Å². The van der Waals surface area contributed by atoms with Crippen molar-refractivity contribution >= 4 is 23.6 Å². The summed E-state index contributed by atoms with van der Waals surface area (Å²) in [5.41, 5.74) is 0. The molecule has 2 aliphatic rings. The van der Waals surface area contributed by atoms with E-state index in [4.69, 9.17) is 5.11 Å². The number of carbonyl (C=O) groups excluding carboxylic acids is 1. The van der Waals surface area contributed by atoms with Gasteiger partial charge < -0.3 is 10.0 Å². The van der Waals surface area contributed by atoms with E-state index >= 15 is 0 Å². The predicted octanol–water partition coefficient (Wildman–Crippen LogP) is 0.813. The van der Waals surface area contributed by atoms with Crippen molar-refractivity contribution in [3.05, 3.63) is 0 Å². The highest BCUT2D eigenvalue weighted by Crippen LogP contribution is 2.32. The van der Waals surface area contributed by atoms with Crippen molar-refractivity contribution in [2.45, 2.75) is 31.1 Å². The van der Waals surface area contributed by atoms with Crippen LogP contribution in [0, 0.1) is 5.92 Å². The Morgan fingerprint density at radius 1 is 1.60 bits per heavy atom. The number of carboxylic acids is 1. The number of carbonyl (C=O) groups is 2. The van der Waals surface area contributed by atoms with Gasteiger partial charge in [0.1, 0.15) is 0 Å². The lowest BCUT2D eigenvalue weighted by Crippen LogP contribution is -2.37. The highest BCUT2D eigenvalue weighted by molar-refractivity contribution is 8.00. The monoisotopic (exact) mass is 229 g/mol. The standard InChI is InChI=1S/C10H15NO3S/c1-6-2-8(5-15-6)11-4-7(10(13)14)3-9(11)12/h6-8H,2-5H2,1H3,(H,13,14).